The molecule has 1 aliphatic rings. The summed E-state index contributed by atoms with van der Waals surface area (Å²) < 4.78 is 0. The van der Waals surface area contributed by atoms with Gasteiger partial charge in [-0.1, -0.05) is 0 Å². The smallest absolute Gasteiger partial charge is 0.334 e. The Morgan fingerprint density at radius 1 is 1.41 bits per heavy atom. The van der Waals surface area contributed by atoms with Crippen molar-refractivity contribution in [2.24, 2.45) is 5.92 Å². The minimum absolute atomic E-state index is 0.00185. The first-order chi connectivity index (χ1) is 7.77. The Balaban J connectivity index is 3.37. The maximum atomic E-state index is 11.2. The van der Waals surface area contributed by atoms with Gasteiger partial charge in [0.05, 0.1) is 11.1 Å². The summed E-state index contributed by atoms with van der Waals surface area (Å²) in [5.74, 6) is -3.10. The summed E-state index contributed by atoms with van der Waals surface area (Å²) in [7, 11) is 1.61. The number of hydrogen-bond acceptors (Lipinski definition) is 3. The lowest BCUT2D eigenvalue weighted by atomic mass is 9.85. The summed E-state index contributed by atoms with van der Waals surface area (Å²) in [5, 5.41) is 17.7. The van der Waals surface area contributed by atoms with E-state index < -0.39 is 23.2 Å². The number of carboxylic acid groups (broad SMARTS) is 2. The average molecular weight is 260 g/mol. The van der Waals surface area contributed by atoms with Gasteiger partial charge in [-0.25, -0.2) is 9.59 Å². The van der Waals surface area contributed by atoms with Crippen LogP contribution in [0.4, 0.5) is 0 Å². The van der Waals surface area contributed by atoms with Gasteiger partial charge in [0.2, 0.25) is 0 Å². The van der Waals surface area contributed by atoms with Crippen molar-refractivity contribution < 1.29 is 19.8 Å². The number of carbonyl (C=O) groups is 2. The second-order valence-electron chi connectivity index (χ2n) is 3.96. The van der Waals surface area contributed by atoms with Gasteiger partial charge >= 0.3 is 11.9 Å². The molecule has 0 saturated carbocycles. The van der Waals surface area contributed by atoms with Gasteiger partial charge in [-0.2, -0.15) is 0 Å². The first-order valence-electron chi connectivity index (χ1n) is 5.03. The van der Waals surface area contributed by atoms with Gasteiger partial charge in [0, 0.05) is 30.2 Å². The zero-order valence-corrected chi connectivity index (χ0v) is 10.5. The highest BCUT2D eigenvalue weighted by Crippen LogP contribution is 2.34. The molecule has 0 spiro atoms. The van der Waals surface area contributed by atoms with Crippen LogP contribution in [0.5, 0.6) is 0 Å². The van der Waals surface area contributed by atoms with Crippen LogP contribution < -0.4 is 0 Å². The van der Waals surface area contributed by atoms with Gasteiger partial charge < -0.3 is 15.1 Å². The molecule has 0 radical (unpaired) electrons. The van der Waals surface area contributed by atoms with Gasteiger partial charge in [-0.15, -0.1) is 11.6 Å². The second-order valence-corrected chi connectivity index (χ2v) is 4.65. The number of hydrogen-bond donors (Lipinski definition) is 2. The fourth-order valence-electron chi connectivity index (χ4n) is 1.91. The van der Waals surface area contributed by atoms with Crippen molar-refractivity contribution in [1.29, 1.82) is 0 Å². The van der Waals surface area contributed by atoms with Gasteiger partial charge in [0.15, 0.2) is 0 Å². The molecule has 0 aromatic heterocycles. The van der Waals surface area contributed by atoms with Crippen LogP contribution in [0.15, 0.2) is 23.0 Å². The minimum atomic E-state index is -1.15. The third-order valence-electron chi connectivity index (χ3n) is 2.83. The first kappa shape index (κ1) is 13.6. The number of rotatable bonds is 3. The van der Waals surface area contributed by atoms with E-state index in [9.17, 15) is 14.7 Å². The van der Waals surface area contributed by atoms with Gasteiger partial charge in [0.1, 0.15) is 0 Å². The van der Waals surface area contributed by atoms with Crippen molar-refractivity contribution >= 4 is 23.5 Å². The van der Waals surface area contributed by atoms with Crippen LogP contribution in [0.25, 0.3) is 0 Å². The summed E-state index contributed by atoms with van der Waals surface area (Å²) in [6.45, 7) is 3.22. The van der Waals surface area contributed by atoms with Gasteiger partial charge in [-0.05, 0) is 13.8 Å². The van der Waals surface area contributed by atoms with Crippen LogP contribution in [0, 0.1) is 5.92 Å². The molecule has 1 heterocycles. The lowest BCUT2D eigenvalue weighted by molar-refractivity contribution is -0.134. The van der Waals surface area contributed by atoms with Crippen molar-refractivity contribution in [3.63, 3.8) is 0 Å². The maximum Gasteiger partial charge on any atom is 0.334 e. The molecule has 94 valence electrons. The molecule has 0 bridgehead atoms. The van der Waals surface area contributed by atoms with Crippen molar-refractivity contribution in [2.75, 3.05) is 7.05 Å². The second kappa shape index (κ2) is 4.79. The topological polar surface area (TPSA) is 77.8 Å². The van der Waals surface area contributed by atoms with Crippen LogP contribution in [0.1, 0.15) is 13.8 Å². The predicted octanol–water partition coefficient (Wildman–Crippen LogP) is 1.50. The Kier molecular flexibility index (Phi) is 3.83. The zero-order valence-electron chi connectivity index (χ0n) is 9.77. The van der Waals surface area contributed by atoms with E-state index in [2.05, 4.69) is 0 Å². The van der Waals surface area contributed by atoms with E-state index in [1.54, 1.807) is 20.9 Å². The number of alkyl halides is 1. The molecule has 6 heteroatoms. The summed E-state index contributed by atoms with van der Waals surface area (Å²) >= 11 is 5.93. The molecule has 17 heavy (non-hydrogen) atoms. The summed E-state index contributed by atoms with van der Waals surface area (Å²) in [6, 6.07) is 0. The molecule has 2 N–H and O–H groups in total. The molecule has 1 rings (SSSR count). The zero-order chi connectivity index (χ0) is 13.3. The maximum absolute atomic E-state index is 11.2. The standard InChI is InChI=1S/C11H14ClNO4/c1-5(12)8-7(10(14)15)4-13(3)6(2)9(8)11(16)17/h4-5,8H,1-3H3,(H,14,15)(H,16,17). The molecule has 2 atom stereocenters. The Hall–Kier alpha value is -1.49. The summed E-state index contributed by atoms with van der Waals surface area (Å²) in [4.78, 5) is 23.8. The van der Waals surface area contributed by atoms with Gasteiger partial charge in [0.25, 0.3) is 0 Å². The molecule has 2 unspecified atom stereocenters. The Morgan fingerprint density at radius 3 is 2.29 bits per heavy atom. The molecule has 0 aromatic rings. The van der Waals surface area contributed by atoms with E-state index in [-0.39, 0.29) is 11.1 Å². The van der Waals surface area contributed by atoms with E-state index in [1.165, 1.54) is 11.1 Å². The highest BCUT2D eigenvalue weighted by atomic mass is 35.5. The number of aliphatic carboxylic acids is 2. The molecular weight excluding hydrogens is 246 g/mol. The molecule has 0 aromatic carbocycles. The minimum Gasteiger partial charge on any atom is -0.478 e. The van der Waals surface area contributed by atoms with Crippen molar-refractivity contribution in [2.45, 2.75) is 19.2 Å². The van der Waals surface area contributed by atoms with Crippen LogP contribution in [-0.2, 0) is 9.59 Å². The van der Waals surface area contributed by atoms with E-state index in [0.29, 0.717) is 5.70 Å². The number of nitrogens with zero attached hydrogens (tertiary/aromatic N) is 1. The predicted molar refractivity (Wildman–Crippen MR) is 62.6 cm³/mol. The average Bonchev–Trinajstić information content (AvgIpc) is 2.19. The molecular formula is C11H14ClNO4. The first-order valence-corrected chi connectivity index (χ1v) is 5.47. The normalized spacial score (nSPS) is 22.2. The third-order valence-corrected chi connectivity index (χ3v) is 3.09. The van der Waals surface area contributed by atoms with Crippen LogP contribution in [-0.4, -0.2) is 39.5 Å². The fraction of sp³-hybridized carbons (Fsp3) is 0.455. The van der Waals surface area contributed by atoms with Crippen LogP contribution >= 0.6 is 11.6 Å². The number of carboxylic acids is 2. The summed E-state index contributed by atoms with van der Waals surface area (Å²) in [5.41, 5.74) is 0.535. The van der Waals surface area contributed by atoms with Crippen molar-refractivity contribution in [1.82, 2.24) is 4.90 Å². The quantitative estimate of drug-likeness (QED) is 0.751. The molecule has 5 nitrogen and oxygen atoms in total. The third kappa shape index (κ3) is 2.44. The lowest BCUT2D eigenvalue weighted by Gasteiger charge is -2.31. The van der Waals surface area contributed by atoms with Crippen molar-refractivity contribution in [3.05, 3.63) is 23.0 Å². The van der Waals surface area contributed by atoms with E-state index in [0.717, 1.165) is 0 Å². The highest BCUT2D eigenvalue weighted by Gasteiger charge is 2.37. The lowest BCUT2D eigenvalue weighted by Crippen LogP contribution is -2.33. The SMILES string of the molecule is CC1=C(C(=O)O)C(C(C)Cl)C(C(=O)O)=CN1C. The highest BCUT2D eigenvalue weighted by molar-refractivity contribution is 6.21. The van der Waals surface area contributed by atoms with Crippen molar-refractivity contribution in [3.8, 4) is 0 Å². The van der Waals surface area contributed by atoms with Crippen LogP contribution in [0.3, 0.4) is 0 Å². The largest absolute Gasteiger partial charge is 0.478 e. The van der Waals surface area contributed by atoms with E-state index in [4.69, 9.17) is 16.7 Å². The number of allylic oxidation sites excluding steroid dienone is 1. The summed E-state index contributed by atoms with van der Waals surface area (Å²) in [6.07, 6.45) is 1.41. The Bertz CT molecular complexity index is 425. The van der Waals surface area contributed by atoms with E-state index in [1.807, 2.05) is 0 Å². The van der Waals surface area contributed by atoms with E-state index >= 15 is 0 Å². The fourth-order valence-corrected chi connectivity index (χ4v) is 2.17. The van der Waals surface area contributed by atoms with Crippen LogP contribution in [0.2, 0.25) is 0 Å². The monoisotopic (exact) mass is 259 g/mol. The Labute approximate surface area is 104 Å². The molecule has 0 amide bonds. The molecule has 0 fully saturated rings. The molecule has 0 saturated heterocycles. The van der Waals surface area contributed by atoms with Gasteiger partial charge in [-0.3, -0.25) is 0 Å². The number of halogens is 1. The Morgan fingerprint density at radius 2 is 1.94 bits per heavy atom. The molecule has 0 aliphatic carbocycles. The molecule has 1 aliphatic heterocycles.